The monoisotopic (exact) mass is 268 g/mol. The zero-order valence-corrected chi connectivity index (χ0v) is 10.9. The van der Waals surface area contributed by atoms with Gasteiger partial charge in [0.15, 0.2) is 5.16 Å². The van der Waals surface area contributed by atoms with E-state index < -0.39 is 0 Å². The second-order valence-corrected chi connectivity index (χ2v) is 1.94. The van der Waals surface area contributed by atoms with E-state index >= 15 is 0 Å². The fraction of sp³-hybridized carbons (Fsp3) is 0.200. The summed E-state index contributed by atoms with van der Waals surface area (Å²) in [5, 5.41) is 0.795. The number of hydrogen-bond donors (Lipinski definition) is 0. The van der Waals surface area contributed by atoms with Gasteiger partial charge in [0.2, 0.25) is 0 Å². The Morgan fingerprint density at radius 2 is 2.00 bits per heavy atom. The van der Waals surface area contributed by atoms with E-state index in [0.29, 0.717) is 0 Å². The summed E-state index contributed by atoms with van der Waals surface area (Å²) in [6.07, 6.45) is 5.16. The van der Waals surface area contributed by atoms with Crippen LogP contribution in [0.1, 0.15) is 0 Å². The van der Waals surface area contributed by atoms with Crippen molar-refractivity contribution >= 4 is 25.4 Å². The molecule has 0 saturated carbocycles. The van der Waals surface area contributed by atoms with Crippen LogP contribution in [0.5, 0.6) is 0 Å². The first-order valence-corrected chi connectivity index (χ1v) is 10.6. The van der Waals surface area contributed by atoms with Crippen LogP contribution in [0.3, 0.4) is 0 Å². The van der Waals surface area contributed by atoms with E-state index in [1.807, 2.05) is 6.26 Å². The second-order valence-electron chi connectivity index (χ2n) is 1.17. The van der Waals surface area contributed by atoms with E-state index in [1.165, 1.54) is 28.1 Å². The molecule has 0 aliphatic heterocycles. The topological polar surface area (TPSA) is 25.8 Å². The molecule has 10 heavy (non-hydrogen) atoms. The third kappa shape index (κ3) is 4.36. The predicted octanol–water partition coefficient (Wildman–Crippen LogP) is 1.84. The van der Waals surface area contributed by atoms with Crippen LogP contribution in [-0.4, -0.2) is 16.2 Å². The molecule has 0 unspecified atom stereocenters. The van der Waals surface area contributed by atoms with Crippen molar-refractivity contribution in [1.82, 2.24) is 9.97 Å². The molecule has 2 nitrogen and oxygen atoms in total. The standard InChI is InChI=1S/C5H5N2S.BrH.Zn/c1-8-5-6-3-2-4-7-5;;/h3-4H,1H3;1H;/q-1;;+2/p-1. The molecule has 0 aliphatic carbocycles. The summed E-state index contributed by atoms with van der Waals surface area (Å²) in [5.74, 6) is 0. The van der Waals surface area contributed by atoms with Gasteiger partial charge in [-0.2, -0.15) is 0 Å². The van der Waals surface area contributed by atoms with Crippen LogP contribution < -0.4 is 0 Å². The Hall–Kier alpha value is 0.533. The molecule has 50 valence electrons. The Labute approximate surface area is 81.3 Å². The molecule has 1 heterocycles. The Kier molecular flexibility index (Phi) is 8.05. The fourth-order valence-electron chi connectivity index (χ4n) is 0.357. The van der Waals surface area contributed by atoms with Crippen LogP contribution in [0.25, 0.3) is 0 Å². The third-order valence-corrected chi connectivity index (χ3v) is 1.26. The van der Waals surface area contributed by atoms with Gasteiger partial charge in [0.25, 0.3) is 0 Å². The first-order chi connectivity index (χ1) is 4.93. The van der Waals surface area contributed by atoms with Gasteiger partial charge in [0.1, 0.15) is 0 Å². The summed E-state index contributed by atoms with van der Waals surface area (Å²) in [5.41, 5.74) is 0. The Morgan fingerprint density at radius 1 is 1.50 bits per heavy atom. The van der Waals surface area contributed by atoms with E-state index in [4.69, 9.17) is 0 Å². The van der Waals surface area contributed by atoms with Crippen LogP contribution in [0.15, 0.2) is 17.6 Å². The number of rotatable bonds is 1. The fourth-order valence-corrected chi connectivity index (χ4v) is 0.673. The van der Waals surface area contributed by atoms with Gasteiger partial charge in [-0.1, -0.05) is 11.8 Å². The molecule has 0 aliphatic rings. The molecule has 0 fully saturated rings. The molecule has 0 spiro atoms. The molecule has 0 bridgehead atoms. The molecular weight excluding hydrogens is 265 g/mol. The van der Waals surface area contributed by atoms with E-state index in [0.717, 1.165) is 5.16 Å². The van der Waals surface area contributed by atoms with E-state index in [-0.39, 0.29) is 0 Å². The van der Waals surface area contributed by atoms with E-state index in [2.05, 4.69) is 29.7 Å². The number of halogens is 1. The van der Waals surface area contributed by atoms with Crippen LogP contribution in [0.2, 0.25) is 0 Å². The van der Waals surface area contributed by atoms with Gasteiger partial charge >= 0.3 is 30.0 Å². The van der Waals surface area contributed by atoms with Gasteiger partial charge in [-0.15, -0.1) is 12.4 Å². The number of aromatic nitrogens is 2. The van der Waals surface area contributed by atoms with Crippen molar-refractivity contribution < 1.29 is 16.3 Å². The van der Waals surface area contributed by atoms with Gasteiger partial charge in [0.05, 0.1) is 0 Å². The van der Waals surface area contributed by atoms with Crippen molar-refractivity contribution in [3.63, 3.8) is 0 Å². The van der Waals surface area contributed by atoms with Crippen LogP contribution in [0, 0.1) is 6.07 Å². The van der Waals surface area contributed by atoms with Crippen molar-refractivity contribution in [3.8, 4) is 0 Å². The van der Waals surface area contributed by atoms with Crippen molar-refractivity contribution in [2.45, 2.75) is 5.16 Å². The van der Waals surface area contributed by atoms with Gasteiger partial charge in [-0.05, 0) is 6.26 Å². The van der Waals surface area contributed by atoms with E-state index in [9.17, 15) is 0 Å². The minimum atomic E-state index is 0.795. The molecule has 0 saturated heterocycles. The van der Waals surface area contributed by atoms with Gasteiger partial charge in [0, 0.05) is 0 Å². The molecule has 5 heteroatoms. The predicted molar refractivity (Wildman–Crippen MR) is 41.6 cm³/mol. The zero-order valence-electron chi connectivity index (χ0n) is 5.54. The first-order valence-electron chi connectivity index (χ1n) is 2.42. The molecule has 1 aromatic rings. The molecule has 1 rings (SSSR count). The Bertz CT molecular complexity index is 161. The van der Waals surface area contributed by atoms with Crippen molar-refractivity contribution in [3.05, 3.63) is 18.5 Å². The van der Waals surface area contributed by atoms with Crippen LogP contribution in [0.4, 0.5) is 0 Å². The molecule has 0 N–H and O–H groups in total. The quantitative estimate of drug-likeness (QED) is 0.337. The molecule has 0 aromatic carbocycles. The summed E-state index contributed by atoms with van der Waals surface area (Å²) in [4.78, 5) is 7.79. The van der Waals surface area contributed by atoms with Gasteiger partial charge in [-0.25, -0.2) is 0 Å². The van der Waals surface area contributed by atoms with Gasteiger partial charge in [-0.3, -0.25) is 9.97 Å². The summed E-state index contributed by atoms with van der Waals surface area (Å²) in [7, 11) is 0. The first kappa shape index (κ1) is 10.5. The zero-order chi connectivity index (χ0) is 7.82. The van der Waals surface area contributed by atoms with Gasteiger partial charge < -0.3 is 6.07 Å². The molecule has 0 amide bonds. The maximum absolute atomic E-state index is 3.89. The average Bonchev–Trinajstić information content (AvgIpc) is 2.10. The number of thioether (sulfide) groups is 1. The SMILES string of the molecule is CSc1nc[c-]cn1.[Zn+][Br]. The number of hydrogen-bond acceptors (Lipinski definition) is 3. The Morgan fingerprint density at radius 3 is 2.30 bits per heavy atom. The summed E-state index contributed by atoms with van der Waals surface area (Å²) < 4.78 is 0. The van der Waals surface area contributed by atoms with E-state index in [1.54, 1.807) is 12.4 Å². The maximum atomic E-state index is 3.89. The molecule has 0 radical (unpaired) electrons. The van der Waals surface area contributed by atoms with Crippen molar-refractivity contribution in [2.75, 3.05) is 6.26 Å². The molecule has 0 atom stereocenters. The van der Waals surface area contributed by atoms with Crippen LogP contribution in [-0.2, 0) is 16.3 Å². The summed E-state index contributed by atoms with van der Waals surface area (Å²) >= 11 is 5.78. The third-order valence-electron chi connectivity index (χ3n) is 0.682. The normalized spacial score (nSPS) is 8.00. The number of nitrogens with zero attached hydrogens (tertiary/aromatic N) is 2. The van der Waals surface area contributed by atoms with Crippen LogP contribution >= 0.6 is 25.4 Å². The molecular formula is C5H5BrN2SZn. The second kappa shape index (κ2) is 7.64. The van der Waals surface area contributed by atoms with Crippen molar-refractivity contribution in [2.24, 2.45) is 0 Å². The average molecular weight is 270 g/mol. The molecule has 1 aromatic heterocycles. The Balaban J connectivity index is 0.000000371. The summed E-state index contributed by atoms with van der Waals surface area (Å²) in [6, 6.07) is 2.73. The summed E-state index contributed by atoms with van der Waals surface area (Å²) in [6.45, 7) is 0. The van der Waals surface area contributed by atoms with Crippen molar-refractivity contribution in [1.29, 1.82) is 0 Å². The minimum absolute atomic E-state index is 0.795.